The van der Waals surface area contributed by atoms with Gasteiger partial charge in [0.15, 0.2) is 17.8 Å². The molecule has 2 aromatic rings. The van der Waals surface area contributed by atoms with Gasteiger partial charge in [0.1, 0.15) is 18.2 Å². The van der Waals surface area contributed by atoms with Gasteiger partial charge in [0.2, 0.25) is 0 Å². The fraction of sp³-hybridized carbons (Fsp3) is 0.828. The molecule has 0 saturated carbocycles. The van der Waals surface area contributed by atoms with Crippen LogP contribution in [0.15, 0.2) is 12.7 Å². The van der Waals surface area contributed by atoms with Crippen molar-refractivity contribution in [3.8, 4) is 0 Å². The molecule has 0 aliphatic heterocycles. The fourth-order valence-corrected chi connectivity index (χ4v) is 5.83. The highest BCUT2D eigenvalue weighted by Crippen LogP contribution is 2.44. The van der Waals surface area contributed by atoms with Gasteiger partial charge < -0.3 is 29.4 Å². The van der Waals surface area contributed by atoms with Crippen LogP contribution in [0.4, 0.5) is 5.82 Å². The lowest BCUT2D eigenvalue weighted by molar-refractivity contribution is -0.123. The van der Waals surface area contributed by atoms with E-state index in [1.165, 1.54) is 84.1 Å². The highest BCUT2D eigenvalue weighted by molar-refractivity contribution is 7.52. The summed E-state index contributed by atoms with van der Waals surface area (Å²) >= 11 is 0. The van der Waals surface area contributed by atoms with Crippen molar-refractivity contribution in [3.63, 3.8) is 0 Å². The van der Waals surface area contributed by atoms with Crippen LogP contribution in [0.1, 0.15) is 111 Å². The first-order valence-electron chi connectivity index (χ1n) is 15.5. The van der Waals surface area contributed by atoms with Crippen LogP contribution < -0.4 is 5.73 Å². The number of ether oxygens (including phenoxy) is 3. The maximum Gasteiger partial charge on any atom is 0.355 e. The van der Waals surface area contributed by atoms with Gasteiger partial charge in [-0.15, -0.1) is 0 Å². The number of hydrogen-bond acceptors (Lipinski definition) is 9. The number of unbranched alkanes of at least 4 members (excludes halogenated alkanes) is 11. The van der Waals surface area contributed by atoms with Crippen molar-refractivity contribution in [2.24, 2.45) is 0 Å². The van der Waals surface area contributed by atoms with E-state index in [-0.39, 0.29) is 18.5 Å². The molecule has 11 nitrogen and oxygen atoms in total. The first-order valence-corrected chi connectivity index (χ1v) is 17.2. The Morgan fingerprint density at radius 2 is 1.61 bits per heavy atom. The SMILES string of the molecule is CCCCCCCCCCCCCCC(C)OC(CC)OP(=O)(O)CO[C@H](COC)Cn1cnc2c(N)ncnc21. The van der Waals surface area contributed by atoms with Gasteiger partial charge in [-0.25, -0.2) is 15.0 Å². The smallest absolute Gasteiger partial charge is 0.355 e. The van der Waals surface area contributed by atoms with Crippen LogP contribution in [-0.2, 0) is 29.8 Å². The number of methoxy groups -OCH3 is 1. The molecule has 0 bridgehead atoms. The highest BCUT2D eigenvalue weighted by Gasteiger charge is 2.28. The number of rotatable bonds is 25. The minimum Gasteiger partial charge on any atom is -0.382 e. The van der Waals surface area contributed by atoms with Crippen molar-refractivity contribution >= 4 is 24.6 Å². The van der Waals surface area contributed by atoms with Gasteiger partial charge in [-0.2, -0.15) is 0 Å². The Morgan fingerprint density at radius 3 is 2.22 bits per heavy atom. The molecule has 3 unspecified atom stereocenters. The predicted octanol–water partition coefficient (Wildman–Crippen LogP) is 6.83. The Labute approximate surface area is 246 Å². The summed E-state index contributed by atoms with van der Waals surface area (Å²) in [5, 5.41) is 0. The molecule has 2 aromatic heterocycles. The third-order valence-corrected chi connectivity index (χ3v) is 8.16. The Morgan fingerprint density at radius 1 is 0.976 bits per heavy atom. The van der Waals surface area contributed by atoms with E-state index in [0.29, 0.717) is 24.1 Å². The van der Waals surface area contributed by atoms with Gasteiger partial charge in [0.05, 0.1) is 31.7 Å². The lowest BCUT2D eigenvalue weighted by Crippen LogP contribution is -2.27. The number of nitrogens with zero attached hydrogens (tertiary/aromatic N) is 4. The topological polar surface area (TPSA) is 144 Å². The Kier molecular flexibility index (Phi) is 17.6. The standard InChI is InChI=1S/C29H54N5O6P/c1-5-7-8-9-10-11-12-13-14-15-16-17-18-24(3)39-26(6-2)40-41(35,36)23-38-25(20-37-4)19-34-22-33-27-28(30)31-21-32-29(27)34/h21-22,24-26H,5-20,23H2,1-4H3,(H,35,36)(H2,30,31,32)/t24?,25-,26?/m0/s1. The molecule has 2 heterocycles. The number of anilines is 1. The molecule has 0 aliphatic rings. The summed E-state index contributed by atoms with van der Waals surface area (Å²) in [6, 6.07) is 0. The van der Waals surface area contributed by atoms with E-state index < -0.39 is 26.3 Å². The number of aromatic nitrogens is 4. The first kappa shape index (κ1) is 35.6. The van der Waals surface area contributed by atoms with Crippen LogP contribution in [0, 0.1) is 0 Å². The Hall–Kier alpha value is -1.62. The van der Waals surface area contributed by atoms with E-state index in [2.05, 4.69) is 21.9 Å². The van der Waals surface area contributed by atoms with Gasteiger partial charge in [0.25, 0.3) is 0 Å². The molecule has 4 atom stereocenters. The van der Waals surface area contributed by atoms with Crippen molar-refractivity contribution in [2.75, 3.05) is 25.8 Å². The van der Waals surface area contributed by atoms with Gasteiger partial charge in [-0.3, -0.25) is 9.09 Å². The largest absolute Gasteiger partial charge is 0.382 e. The maximum absolute atomic E-state index is 12.8. The summed E-state index contributed by atoms with van der Waals surface area (Å²) in [5.74, 6) is 0.282. The number of fused-ring (bicyclic) bond motifs is 1. The van der Waals surface area contributed by atoms with Crippen LogP contribution in [-0.4, -0.2) is 63.0 Å². The van der Waals surface area contributed by atoms with Crippen LogP contribution in [0.5, 0.6) is 0 Å². The molecule has 0 fully saturated rings. The summed E-state index contributed by atoms with van der Waals surface area (Å²) in [4.78, 5) is 22.9. The molecule has 236 valence electrons. The molecule has 0 saturated heterocycles. The first-order chi connectivity index (χ1) is 19.8. The zero-order valence-corrected chi connectivity index (χ0v) is 26.6. The molecular weight excluding hydrogens is 545 g/mol. The highest BCUT2D eigenvalue weighted by atomic mass is 31.2. The van der Waals surface area contributed by atoms with E-state index in [1.807, 2.05) is 13.8 Å². The van der Waals surface area contributed by atoms with Crippen molar-refractivity contribution in [2.45, 2.75) is 136 Å². The summed E-state index contributed by atoms with van der Waals surface area (Å²) < 4.78 is 37.0. The Bertz CT molecular complexity index is 1010. The zero-order chi connectivity index (χ0) is 29.9. The number of nitrogens with two attached hydrogens (primary N) is 1. The summed E-state index contributed by atoms with van der Waals surface area (Å²) in [6.45, 7) is 6.61. The number of nitrogen functional groups attached to an aromatic ring is 1. The molecule has 0 aromatic carbocycles. The van der Waals surface area contributed by atoms with E-state index >= 15 is 0 Å². The maximum atomic E-state index is 12.8. The molecular formula is C29H54N5O6P. The minimum absolute atomic E-state index is 0.0609. The third kappa shape index (κ3) is 14.4. The molecule has 0 radical (unpaired) electrons. The lowest BCUT2D eigenvalue weighted by Gasteiger charge is -2.25. The van der Waals surface area contributed by atoms with E-state index in [0.717, 1.165) is 12.8 Å². The molecule has 0 amide bonds. The molecule has 0 spiro atoms. The normalized spacial score (nSPS) is 15.6. The van der Waals surface area contributed by atoms with E-state index in [9.17, 15) is 9.46 Å². The lowest BCUT2D eigenvalue weighted by atomic mass is 10.0. The van der Waals surface area contributed by atoms with Gasteiger partial charge in [0, 0.05) is 7.11 Å². The predicted molar refractivity (Wildman–Crippen MR) is 163 cm³/mol. The monoisotopic (exact) mass is 599 g/mol. The minimum atomic E-state index is -4.08. The number of imidazole rings is 1. The van der Waals surface area contributed by atoms with Crippen molar-refractivity contribution in [1.82, 2.24) is 19.5 Å². The number of hydrogen-bond donors (Lipinski definition) is 2. The zero-order valence-electron chi connectivity index (χ0n) is 25.7. The van der Waals surface area contributed by atoms with Crippen LogP contribution in [0.2, 0.25) is 0 Å². The average Bonchev–Trinajstić information content (AvgIpc) is 3.36. The molecule has 2 rings (SSSR count). The molecule has 12 heteroatoms. The van der Waals surface area contributed by atoms with Crippen molar-refractivity contribution in [1.29, 1.82) is 0 Å². The Balaban J connectivity index is 1.66. The molecule has 0 aliphatic carbocycles. The van der Waals surface area contributed by atoms with Crippen LogP contribution in [0.3, 0.4) is 0 Å². The quantitative estimate of drug-likeness (QED) is 0.0707. The second-order valence-corrected chi connectivity index (χ2v) is 12.7. The second kappa shape index (κ2) is 20.3. The summed E-state index contributed by atoms with van der Waals surface area (Å²) in [5.41, 5.74) is 6.90. The van der Waals surface area contributed by atoms with Crippen molar-refractivity contribution in [3.05, 3.63) is 12.7 Å². The second-order valence-electron chi connectivity index (χ2n) is 10.9. The van der Waals surface area contributed by atoms with Crippen LogP contribution in [0.25, 0.3) is 11.2 Å². The van der Waals surface area contributed by atoms with Crippen molar-refractivity contribution < 1.29 is 28.2 Å². The molecule has 41 heavy (non-hydrogen) atoms. The summed E-state index contributed by atoms with van der Waals surface area (Å²) in [7, 11) is -2.54. The molecule has 3 N–H and O–H groups in total. The summed E-state index contributed by atoms with van der Waals surface area (Å²) in [6.07, 6.45) is 18.1. The van der Waals surface area contributed by atoms with Crippen LogP contribution >= 0.6 is 7.60 Å². The fourth-order valence-electron chi connectivity index (χ4n) is 4.80. The average molecular weight is 600 g/mol. The van der Waals surface area contributed by atoms with E-state index in [1.54, 1.807) is 10.9 Å². The third-order valence-electron chi connectivity index (χ3n) is 7.12. The van der Waals surface area contributed by atoms with E-state index in [4.69, 9.17) is 24.5 Å². The van der Waals surface area contributed by atoms with Gasteiger partial charge in [-0.1, -0.05) is 90.9 Å². The van der Waals surface area contributed by atoms with Gasteiger partial charge >= 0.3 is 7.60 Å². The van der Waals surface area contributed by atoms with Gasteiger partial charge in [-0.05, 0) is 19.8 Å².